The van der Waals surface area contributed by atoms with Gasteiger partial charge in [0.25, 0.3) is 0 Å². The summed E-state index contributed by atoms with van der Waals surface area (Å²) in [6.07, 6.45) is 7.98. The highest BCUT2D eigenvalue weighted by Crippen LogP contribution is 2.51. The Morgan fingerprint density at radius 1 is 0.647 bits per heavy atom. The van der Waals surface area contributed by atoms with Crippen LogP contribution in [0.3, 0.4) is 0 Å². The van der Waals surface area contributed by atoms with E-state index in [0.29, 0.717) is 30.9 Å². The molecule has 2 aromatic rings. The Hall–Kier alpha value is -0.480. The van der Waals surface area contributed by atoms with Crippen molar-refractivity contribution in [2.24, 2.45) is 11.8 Å². The maximum absolute atomic E-state index is 6.17. The average molecular weight is 540 g/mol. The molecular weight excluding hydrogens is 506 g/mol. The van der Waals surface area contributed by atoms with E-state index >= 15 is 0 Å². The van der Waals surface area contributed by atoms with Gasteiger partial charge in [0.2, 0.25) is 0 Å². The molecule has 0 aromatic heterocycles. The lowest BCUT2D eigenvalue weighted by Gasteiger charge is -2.29. The molecule has 2 saturated carbocycles. The van der Waals surface area contributed by atoms with E-state index in [-0.39, 0.29) is 0 Å². The number of hydrogen-bond acceptors (Lipinski definition) is 2. The van der Waals surface area contributed by atoms with Crippen LogP contribution in [-0.4, -0.2) is 50.1 Å². The van der Waals surface area contributed by atoms with Crippen molar-refractivity contribution in [2.75, 3.05) is 40.3 Å². The van der Waals surface area contributed by atoms with Gasteiger partial charge in [-0.05, 0) is 87.0 Å². The first-order valence-electron chi connectivity index (χ1n) is 12.5. The van der Waals surface area contributed by atoms with Gasteiger partial charge >= 0.3 is 0 Å². The van der Waals surface area contributed by atoms with Gasteiger partial charge in [-0.1, -0.05) is 71.4 Å². The third-order valence-electron chi connectivity index (χ3n) is 9.07. The Labute approximate surface area is 224 Å². The summed E-state index contributed by atoms with van der Waals surface area (Å²) in [5.41, 5.74) is 3.45. The van der Waals surface area contributed by atoms with Crippen LogP contribution in [0.4, 0.5) is 0 Å². The normalized spacial score (nSPS) is 33.0. The molecule has 0 N–H and O–H groups in total. The third-order valence-corrected chi connectivity index (χ3v) is 10.5. The number of benzene rings is 2. The molecule has 2 aliphatic carbocycles. The standard InChI is InChI=1S/2C14H17Cl2N/c2*1-17-8-11-3-2-6-14(11,9-17)10-4-5-12(15)13(16)7-10/h2*4-5,7,11H,2-3,6,8-9H2,1H3/t11?,14-;11-,14+/m00/s1. The van der Waals surface area contributed by atoms with E-state index in [9.17, 15) is 0 Å². The fourth-order valence-electron chi connectivity index (χ4n) is 7.64. The number of fused-ring (bicyclic) bond motifs is 2. The summed E-state index contributed by atoms with van der Waals surface area (Å²) in [6, 6.07) is 12.4. The molecule has 0 spiro atoms. The van der Waals surface area contributed by atoms with Gasteiger partial charge < -0.3 is 9.80 Å². The fourth-order valence-corrected chi connectivity index (χ4v) is 8.23. The molecule has 4 aliphatic rings. The second kappa shape index (κ2) is 9.77. The summed E-state index contributed by atoms with van der Waals surface area (Å²) >= 11 is 24.4. The first-order valence-corrected chi connectivity index (χ1v) is 14.0. The zero-order valence-corrected chi connectivity index (χ0v) is 23.1. The summed E-state index contributed by atoms with van der Waals surface area (Å²) < 4.78 is 0. The molecule has 2 heterocycles. The Bertz CT molecular complexity index is 975. The van der Waals surface area contributed by atoms with Crippen molar-refractivity contribution in [2.45, 2.75) is 49.4 Å². The van der Waals surface area contributed by atoms with E-state index in [2.05, 4.69) is 48.2 Å². The highest BCUT2D eigenvalue weighted by atomic mass is 35.5. The monoisotopic (exact) mass is 538 g/mol. The zero-order chi connectivity index (χ0) is 24.1. The Morgan fingerprint density at radius 3 is 1.44 bits per heavy atom. The van der Waals surface area contributed by atoms with E-state index in [1.165, 1.54) is 62.7 Å². The van der Waals surface area contributed by atoms with Crippen molar-refractivity contribution in [1.82, 2.24) is 9.80 Å². The molecule has 6 rings (SSSR count). The van der Waals surface area contributed by atoms with Crippen molar-refractivity contribution in [3.63, 3.8) is 0 Å². The third kappa shape index (κ3) is 4.42. The number of halogens is 4. The van der Waals surface area contributed by atoms with E-state index < -0.39 is 0 Å². The van der Waals surface area contributed by atoms with Crippen molar-refractivity contribution >= 4 is 46.4 Å². The lowest BCUT2D eigenvalue weighted by Crippen LogP contribution is -2.31. The Balaban J connectivity index is 0.000000142. The topological polar surface area (TPSA) is 6.48 Å². The summed E-state index contributed by atoms with van der Waals surface area (Å²) in [5, 5.41) is 2.71. The fraction of sp³-hybridized carbons (Fsp3) is 0.571. The molecule has 4 fully saturated rings. The van der Waals surface area contributed by atoms with Crippen LogP contribution < -0.4 is 0 Å². The lowest BCUT2D eigenvalue weighted by molar-refractivity contribution is 0.360. The van der Waals surface area contributed by atoms with E-state index in [1.54, 1.807) is 0 Å². The Kier molecular flexibility index (Phi) is 7.23. The predicted octanol–water partition coefficient (Wildman–Crippen LogP) is 7.95. The van der Waals surface area contributed by atoms with Crippen LogP contribution in [-0.2, 0) is 10.8 Å². The highest BCUT2D eigenvalue weighted by molar-refractivity contribution is 6.42. The molecule has 2 aromatic carbocycles. The number of rotatable bonds is 2. The Morgan fingerprint density at radius 2 is 1.06 bits per heavy atom. The minimum atomic E-state index is 0.336. The number of nitrogens with zero attached hydrogens (tertiary/aromatic N) is 2. The zero-order valence-electron chi connectivity index (χ0n) is 20.1. The van der Waals surface area contributed by atoms with Gasteiger partial charge in [0.15, 0.2) is 0 Å². The largest absolute Gasteiger partial charge is 0.305 e. The van der Waals surface area contributed by atoms with Gasteiger partial charge in [-0.2, -0.15) is 0 Å². The van der Waals surface area contributed by atoms with Crippen LogP contribution in [0, 0.1) is 11.8 Å². The van der Waals surface area contributed by atoms with Crippen molar-refractivity contribution in [3.8, 4) is 0 Å². The molecule has 0 radical (unpaired) electrons. The maximum Gasteiger partial charge on any atom is 0.0595 e. The molecule has 2 aliphatic heterocycles. The molecule has 34 heavy (non-hydrogen) atoms. The summed E-state index contributed by atoms with van der Waals surface area (Å²) in [5.74, 6) is 1.59. The first kappa shape index (κ1) is 25.2. The molecule has 4 atom stereocenters. The maximum atomic E-state index is 6.17. The van der Waals surface area contributed by atoms with Gasteiger partial charge in [0.1, 0.15) is 0 Å². The predicted molar refractivity (Wildman–Crippen MR) is 146 cm³/mol. The van der Waals surface area contributed by atoms with Crippen LogP contribution in [0.25, 0.3) is 0 Å². The quantitative estimate of drug-likeness (QED) is 0.382. The van der Waals surface area contributed by atoms with E-state index in [0.717, 1.165) is 24.9 Å². The van der Waals surface area contributed by atoms with Crippen molar-refractivity contribution in [3.05, 3.63) is 67.6 Å². The van der Waals surface area contributed by atoms with Crippen LogP contribution in [0.15, 0.2) is 36.4 Å². The summed E-state index contributed by atoms with van der Waals surface area (Å²) in [4.78, 5) is 4.90. The molecule has 1 unspecified atom stereocenters. The number of likely N-dealkylation sites (tertiary alicyclic amines) is 2. The van der Waals surface area contributed by atoms with Crippen LogP contribution in [0.1, 0.15) is 49.7 Å². The number of likely N-dealkylation sites (N-methyl/N-ethyl adjacent to an activating group) is 2. The van der Waals surface area contributed by atoms with Crippen LogP contribution in [0.2, 0.25) is 20.1 Å². The molecule has 184 valence electrons. The smallest absolute Gasteiger partial charge is 0.0595 e. The van der Waals surface area contributed by atoms with Gasteiger partial charge in [-0.3, -0.25) is 0 Å². The summed E-state index contributed by atoms with van der Waals surface area (Å²) in [7, 11) is 4.44. The first-order chi connectivity index (χ1) is 16.2. The molecule has 0 bridgehead atoms. The van der Waals surface area contributed by atoms with Gasteiger partial charge in [0, 0.05) is 37.0 Å². The van der Waals surface area contributed by atoms with Crippen LogP contribution in [0.5, 0.6) is 0 Å². The molecular formula is C28H34Cl4N2. The lowest BCUT2D eigenvalue weighted by atomic mass is 9.75. The molecule has 0 amide bonds. The van der Waals surface area contributed by atoms with E-state index in [4.69, 9.17) is 46.4 Å². The minimum absolute atomic E-state index is 0.336. The van der Waals surface area contributed by atoms with Crippen molar-refractivity contribution < 1.29 is 0 Å². The number of hydrogen-bond donors (Lipinski definition) is 0. The highest BCUT2D eigenvalue weighted by Gasteiger charge is 2.50. The SMILES string of the molecule is CN1CC2CCC[C@@]2(c2ccc(Cl)c(Cl)c2)C1.CN1C[C@@H]2CCC[C@]2(c2ccc(Cl)c(Cl)c2)C1. The summed E-state index contributed by atoms with van der Waals surface area (Å²) in [6.45, 7) is 4.77. The van der Waals surface area contributed by atoms with Crippen LogP contribution >= 0.6 is 46.4 Å². The second-order valence-corrected chi connectivity index (χ2v) is 12.8. The van der Waals surface area contributed by atoms with E-state index in [1.807, 2.05) is 12.1 Å². The second-order valence-electron chi connectivity index (χ2n) is 11.1. The van der Waals surface area contributed by atoms with Crippen molar-refractivity contribution in [1.29, 1.82) is 0 Å². The average Bonchev–Trinajstić information content (AvgIpc) is 3.51. The van der Waals surface area contributed by atoms with Gasteiger partial charge in [-0.25, -0.2) is 0 Å². The van der Waals surface area contributed by atoms with Gasteiger partial charge in [0.05, 0.1) is 20.1 Å². The molecule has 6 heteroatoms. The van der Waals surface area contributed by atoms with Gasteiger partial charge in [-0.15, -0.1) is 0 Å². The molecule has 2 nitrogen and oxygen atoms in total. The molecule has 2 saturated heterocycles. The minimum Gasteiger partial charge on any atom is -0.305 e.